The number of benzene rings is 1. The lowest BCUT2D eigenvalue weighted by atomic mass is 9.57. The third kappa shape index (κ3) is 2.39. The van der Waals surface area contributed by atoms with Gasteiger partial charge in [-0.2, -0.15) is 0 Å². The van der Waals surface area contributed by atoms with Gasteiger partial charge in [-0.1, -0.05) is 12.1 Å². The van der Waals surface area contributed by atoms with Gasteiger partial charge in [0.05, 0.1) is 11.6 Å². The fraction of sp³-hybridized carbons (Fsp3) is 0.381. The van der Waals surface area contributed by atoms with Crippen LogP contribution in [0.25, 0.3) is 5.76 Å². The number of phenolic OH excluding ortho intramolecular Hbond substituents is 1. The van der Waals surface area contributed by atoms with Crippen LogP contribution in [-0.2, 0) is 20.8 Å². The molecule has 0 heterocycles. The Hall–Kier alpha value is -3.17. The molecule has 1 fully saturated rings. The van der Waals surface area contributed by atoms with Crippen molar-refractivity contribution in [1.82, 2.24) is 4.90 Å². The minimum Gasteiger partial charge on any atom is -0.508 e. The number of aromatic hydroxyl groups is 1. The first-order chi connectivity index (χ1) is 14.0. The number of amides is 1. The maximum atomic E-state index is 13.5. The van der Waals surface area contributed by atoms with Gasteiger partial charge in [-0.05, 0) is 44.5 Å². The van der Waals surface area contributed by atoms with Crippen molar-refractivity contribution in [3.8, 4) is 5.75 Å². The second-order valence-electron chi connectivity index (χ2n) is 8.27. The van der Waals surface area contributed by atoms with E-state index in [0.29, 0.717) is 12.0 Å². The van der Waals surface area contributed by atoms with Crippen molar-refractivity contribution in [2.75, 3.05) is 14.1 Å². The summed E-state index contributed by atoms with van der Waals surface area (Å²) in [6.45, 7) is 0. The molecule has 1 saturated carbocycles. The first kappa shape index (κ1) is 20.1. The number of nitrogens with two attached hydrogens (primary N) is 1. The van der Waals surface area contributed by atoms with Crippen LogP contribution in [0.2, 0.25) is 0 Å². The van der Waals surface area contributed by atoms with Crippen molar-refractivity contribution >= 4 is 23.2 Å². The Morgan fingerprint density at radius 1 is 1.20 bits per heavy atom. The van der Waals surface area contributed by atoms with Crippen LogP contribution in [0.5, 0.6) is 5.75 Å². The van der Waals surface area contributed by atoms with Crippen molar-refractivity contribution in [2.45, 2.75) is 24.5 Å². The SMILES string of the molecule is CN(C)[C@H]1C(=O)C(C(N)=O)=C(O)[C@@]2(O)C(=O)C3=C(O)c4c(O)cccc4C[C@@H]3C[C@H]12. The Bertz CT molecular complexity index is 1070. The van der Waals surface area contributed by atoms with Gasteiger partial charge in [0.15, 0.2) is 11.4 Å². The lowest BCUT2D eigenvalue weighted by molar-refractivity contribution is -0.153. The van der Waals surface area contributed by atoms with Crippen LogP contribution in [0.15, 0.2) is 35.1 Å². The van der Waals surface area contributed by atoms with Crippen LogP contribution < -0.4 is 5.73 Å². The average molecular weight is 414 g/mol. The highest BCUT2D eigenvalue weighted by Crippen LogP contribution is 2.52. The molecule has 0 aromatic heterocycles. The monoisotopic (exact) mass is 414 g/mol. The van der Waals surface area contributed by atoms with Gasteiger partial charge < -0.3 is 26.2 Å². The minimum absolute atomic E-state index is 0.0847. The van der Waals surface area contributed by atoms with Gasteiger partial charge in [0.1, 0.15) is 22.8 Å². The standard InChI is InChI=1S/C21H22N2O7/c1-23(2)15-10-7-9-6-8-4-3-5-11(24)12(8)16(25)13(9)18(27)21(10,30)19(28)14(17(15)26)20(22)29/h3-5,9-10,15,24-25,28,30H,6-7H2,1-2H3,(H2,22,29)/t9-,10-,15-,21+/m1/s1. The first-order valence-electron chi connectivity index (χ1n) is 9.47. The second-order valence-corrected chi connectivity index (χ2v) is 8.27. The molecule has 9 heteroatoms. The molecular formula is C21H22N2O7. The molecule has 0 radical (unpaired) electrons. The highest BCUT2D eigenvalue weighted by Gasteiger charge is 2.64. The molecular weight excluding hydrogens is 392 g/mol. The largest absolute Gasteiger partial charge is 0.508 e. The molecule has 3 aliphatic rings. The van der Waals surface area contributed by atoms with E-state index in [9.17, 15) is 34.8 Å². The van der Waals surface area contributed by atoms with Crippen molar-refractivity contribution in [3.63, 3.8) is 0 Å². The molecule has 9 nitrogen and oxygen atoms in total. The van der Waals surface area contributed by atoms with E-state index in [1.165, 1.54) is 11.0 Å². The zero-order valence-corrected chi connectivity index (χ0v) is 16.4. The number of hydrogen-bond acceptors (Lipinski definition) is 8. The van der Waals surface area contributed by atoms with Gasteiger partial charge in [0.2, 0.25) is 5.78 Å². The molecule has 3 aliphatic carbocycles. The van der Waals surface area contributed by atoms with Gasteiger partial charge in [-0.3, -0.25) is 19.3 Å². The Balaban J connectivity index is 1.98. The van der Waals surface area contributed by atoms with Crippen molar-refractivity contribution in [1.29, 1.82) is 0 Å². The van der Waals surface area contributed by atoms with Gasteiger partial charge in [0, 0.05) is 11.5 Å². The number of ketones is 2. The number of rotatable bonds is 2. The number of carbonyl (C=O) groups excluding carboxylic acids is 3. The molecule has 30 heavy (non-hydrogen) atoms. The van der Waals surface area contributed by atoms with Crippen LogP contribution in [-0.4, -0.2) is 68.5 Å². The summed E-state index contributed by atoms with van der Waals surface area (Å²) in [6, 6.07) is 3.62. The Morgan fingerprint density at radius 2 is 1.87 bits per heavy atom. The predicted molar refractivity (Wildman–Crippen MR) is 104 cm³/mol. The molecule has 4 rings (SSSR count). The van der Waals surface area contributed by atoms with Crippen LogP contribution >= 0.6 is 0 Å². The van der Waals surface area contributed by atoms with Gasteiger partial charge in [-0.15, -0.1) is 0 Å². The lowest BCUT2D eigenvalue weighted by Gasteiger charge is -2.50. The van der Waals surface area contributed by atoms with Crippen LogP contribution in [0, 0.1) is 11.8 Å². The Kier molecular flexibility index (Phi) is 4.30. The maximum Gasteiger partial charge on any atom is 0.255 e. The first-order valence-corrected chi connectivity index (χ1v) is 9.47. The molecule has 158 valence electrons. The molecule has 1 aromatic carbocycles. The van der Waals surface area contributed by atoms with Gasteiger partial charge in [-0.25, -0.2) is 0 Å². The number of Topliss-reactive ketones (excluding diaryl/α,β-unsaturated/α-hetero) is 2. The van der Waals surface area contributed by atoms with E-state index in [4.69, 9.17) is 5.73 Å². The molecule has 0 spiro atoms. The average Bonchev–Trinajstić information content (AvgIpc) is 2.64. The van der Waals surface area contributed by atoms with Crippen LogP contribution in [0.3, 0.4) is 0 Å². The fourth-order valence-electron chi connectivity index (χ4n) is 5.18. The molecule has 6 N–H and O–H groups in total. The van der Waals surface area contributed by atoms with E-state index in [1.54, 1.807) is 26.2 Å². The molecule has 4 atom stereocenters. The summed E-state index contributed by atoms with van der Waals surface area (Å²) >= 11 is 0. The van der Waals surface area contributed by atoms with Crippen molar-refractivity contribution in [2.24, 2.45) is 17.6 Å². The molecule has 0 unspecified atom stereocenters. The number of carbonyl (C=O) groups is 3. The summed E-state index contributed by atoms with van der Waals surface area (Å²) in [4.78, 5) is 39.7. The molecule has 0 bridgehead atoms. The summed E-state index contributed by atoms with van der Waals surface area (Å²) in [5, 5.41) is 43.1. The predicted octanol–water partition coefficient (Wildman–Crippen LogP) is -0.0360. The summed E-state index contributed by atoms with van der Waals surface area (Å²) in [6.07, 6.45) is 0.379. The van der Waals surface area contributed by atoms with Gasteiger partial charge >= 0.3 is 0 Å². The van der Waals surface area contributed by atoms with Crippen molar-refractivity contribution < 1.29 is 34.8 Å². The third-order valence-corrected chi connectivity index (χ3v) is 6.46. The van der Waals surface area contributed by atoms with Crippen molar-refractivity contribution in [3.05, 3.63) is 46.2 Å². The number of aliphatic hydroxyl groups is 3. The normalized spacial score (nSPS) is 30.9. The highest BCUT2D eigenvalue weighted by molar-refractivity contribution is 6.24. The van der Waals surface area contributed by atoms with E-state index in [2.05, 4.69) is 0 Å². The summed E-state index contributed by atoms with van der Waals surface area (Å²) in [5.74, 6) is -6.43. The number of likely N-dealkylation sites (N-methyl/N-ethyl adjacent to an activating group) is 1. The zero-order valence-electron chi connectivity index (χ0n) is 16.4. The Morgan fingerprint density at radius 3 is 2.47 bits per heavy atom. The molecule has 0 saturated heterocycles. The van der Waals surface area contributed by atoms with E-state index in [1.807, 2.05) is 0 Å². The minimum atomic E-state index is -2.60. The smallest absolute Gasteiger partial charge is 0.255 e. The van der Waals surface area contributed by atoms with E-state index in [-0.39, 0.29) is 23.3 Å². The fourth-order valence-corrected chi connectivity index (χ4v) is 5.18. The lowest BCUT2D eigenvalue weighted by Crippen LogP contribution is -2.65. The van der Waals surface area contributed by atoms with E-state index >= 15 is 0 Å². The third-order valence-electron chi connectivity index (χ3n) is 6.46. The topological polar surface area (TPSA) is 161 Å². The number of hydrogen-bond donors (Lipinski definition) is 5. The number of primary amides is 1. The zero-order chi connectivity index (χ0) is 22.1. The quantitative estimate of drug-likeness (QED) is 0.421. The highest BCUT2D eigenvalue weighted by atomic mass is 16.3. The van der Waals surface area contributed by atoms with Crippen LogP contribution in [0.4, 0.5) is 0 Å². The summed E-state index contributed by atoms with van der Waals surface area (Å²) in [7, 11) is 3.12. The van der Waals surface area contributed by atoms with Crippen LogP contribution in [0.1, 0.15) is 17.5 Å². The molecule has 0 aliphatic heterocycles. The summed E-state index contributed by atoms with van der Waals surface area (Å²) in [5.41, 5.74) is 2.41. The second kappa shape index (κ2) is 6.41. The maximum absolute atomic E-state index is 13.5. The number of fused-ring (bicyclic) bond motifs is 3. The Labute approximate surface area is 171 Å². The number of aliphatic hydroxyl groups excluding tert-OH is 2. The summed E-state index contributed by atoms with van der Waals surface area (Å²) < 4.78 is 0. The molecule has 1 amide bonds. The van der Waals surface area contributed by atoms with E-state index < -0.39 is 58.0 Å². The molecule has 1 aromatic rings. The number of nitrogens with zero attached hydrogens (tertiary/aromatic N) is 1. The number of phenols is 1. The van der Waals surface area contributed by atoms with E-state index in [0.717, 1.165) is 0 Å². The van der Waals surface area contributed by atoms with Gasteiger partial charge in [0.25, 0.3) is 5.91 Å².